The molecule has 0 unspecified atom stereocenters. The summed E-state index contributed by atoms with van der Waals surface area (Å²) in [5.41, 5.74) is 2.91. The second-order valence-corrected chi connectivity index (χ2v) is 9.54. The minimum Gasteiger partial charge on any atom is -0.497 e. The van der Waals surface area contributed by atoms with Gasteiger partial charge in [0.15, 0.2) is 5.78 Å². The predicted octanol–water partition coefficient (Wildman–Crippen LogP) is 2.96. The molecule has 4 rings (SSSR count). The van der Waals surface area contributed by atoms with Gasteiger partial charge in [0, 0.05) is 12.5 Å². The summed E-state index contributed by atoms with van der Waals surface area (Å²) in [5, 5.41) is 4.91. The van der Waals surface area contributed by atoms with E-state index in [1.165, 1.54) is 12.0 Å². The second-order valence-electron chi connectivity index (χ2n) is 9.54. The van der Waals surface area contributed by atoms with E-state index in [0.717, 1.165) is 16.7 Å². The van der Waals surface area contributed by atoms with Crippen LogP contribution in [0.1, 0.15) is 16.7 Å². The third kappa shape index (κ3) is 8.39. The summed E-state index contributed by atoms with van der Waals surface area (Å²) in [5.74, 6) is -0.803. The molecule has 1 fully saturated rings. The molecular formula is C31H33N3O7. The Labute approximate surface area is 238 Å². The Hall–Kier alpha value is -4.70. The van der Waals surface area contributed by atoms with Crippen molar-refractivity contribution in [2.24, 2.45) is 0 Å². The predicted molar refractivity (Wildman–Crippen MR) is 152 cm³/mol. The van der Waals surface area contributed by atoms with Crippen LogP contribution in [0.25, 0.3) is 0 Å². The minimum absolute atomic E-state index is 0.0587. The molecule has 0 saturated carbocycles. The van der Waals surface area contributed by atoms with Crippen molar-refractivity contribution in [3.05, 3.63) is 95.6 Å². The van der Waals surface area contributed by atoms with Gasteiger partial charge in [-0.1, -0.05) is 66.7 Å². The number of Topliss-reactive ketones (excluding diaryl/α,β-unsaturated/α-hetero) is 1. The molecule has 3 aromatic carbocycles. The van der Waals surface area contributed by atoms with Crippen molar-refractivity contribution in [3.8, 4) is 5.75 Å². The van der Waals surface area contributed by atoms with E-state index in [1.807, 2.05) is 67.6 Å². The van der Waals surface area contributed by atoms with Crippen LogP contribution >= 0.6 is 0 Å². The maximum atomic E-state index is 13.7. The third-order valence-corrected chi connectivity index (χ3v) is 6.55. The van der Waals surface area contributed by atoms with E-state index >= 15 is 0 Å². The number of aryl methyl sites for hydroxylation is 1. The number of carbonyl (C=O) groups is 4. The summed E-state index contributed by atoms with van der Waals surface area (Å²) in [6.45, 7) is 1.40. The fourth-order valence-electron chi connectivity index (χ4n) is 4.28. The van der Waals surface area contributed by atoms with Crippen molar-refractivity contribution in [1.29, 1.82) is 0 Å². The van der Waals surface area contributed by atoms with Gasteiger partial charge in [-0.15, -0.1) is 0 Å². The Bertz CT molecular complexity index is 1360. The van der Waals surface area contributed by atoms with Crippen LogP contribution < -0.4 is 20.3 Å². The molecule has 0 bridgehead atoms. The molecule has 10 nitrogen and oxygen atoms in total. The number of alkyl carbamates (subject to hydrolysis) is 1. The number of ketones is 1. The average Bonchev–Trinajstić information content (AvgIpc) is 3.85. The van der Waals surface area contributed by atoms with Gasteiger partial charge in [-0.25, -0.2) is 4.79 Å². The number of amides is 3. The zero-order chi connectivity index (χ0) is 29.2. The van der Waals surface area contributed by atoms with E-state index in [4.69, 9.17) is 14.2 Å². The van der Waals surface area contributed by atoms with Gasteiger partial charge in [0.2, 0.25) is 11.8 Å². The molecular weight excluding hydrogens is 526 g/mol. The van der Waals surface area contributed by atoms with Crippen LogP contribution in [0, 0.1) is 6.92 Å². The number of nitrogens with one attached hydrogen (secondary N) is 2. The fourth-order valence-corrected chi connectivity index (χ4v) is 4.28. The average molecular weight is 560 g/mol. The topological polar surface area (TPSA) is 127 Å². The molecule has 41 heavy (non-hydrogen) atoms. The summed E-state index contributed by atoms with van der Waals surface area (Å²) in [6.07, 6.45) is -1.10. The highest BCUT2D eigenvalue weighted by molar-refractivity contribution is 6.05. The maximum Gasteiger partial charge on any atom is 0.407 e. The normalized spacial score (nSPS) is 14.3. The summed E-state index contributed by atoms with van der Waals surface area (Å²) < 4.78 is 15.8. The molecule has 0 spiro atoms. The van der Waals surface area contributed by atoms with Gasteiger partial charge < -0.3 is 24.8 Å². The Morgan fingerprint density at radius 2 is 1.59 bits per heavy atom. The molecule has 2 atom stereocenters. The molecule has 1 heterocycles. The first-order valence-corrected chi connectivity index (χ1v) is 13.2. The third-order valence-electron chi connectivity index (χ3n) is 6.55. The fraction of sp³-hybridized carbons (Fsp3) is 0.290. The number of anilines is 1. The first kappa shape index (κ1) is 29.3. The number of ether oxygens (including phenoxy) is 3. The lowest BCUT2D eigenvalue weighted by Crippen LogP contribution is -2.52. The van der Waals surface area contributed by atoms with Crippen molar-refractivity contribution in [2.45, 2.75) is 32.1 Å². The molecule has 3 amide bonds. The van der Waals surface area contributed by atoms with E-state index in [1.54, 1.807) is 18.2 Å². The van der Waals surface area contributed by atoms with Gasteiger partial charge in [0.1, 0.15) is 31.0 Å². The monoisotopic (exact) mass is 559 g/mol. The lowest BCUT2D eigenvalue weighted by atomic mass is 9.97. The Balaban J connectivity index is 1.46. The first-order chi connectivity index (χ1) is 19.9. The van der Waals surface area contributed by atoms with Crippen molar-refractivity contribution < 1.29 is 33.4 Å². The smallest absolute Gasteiger partial charge is 0.407 e. The van der Waals surface area contributed by atoms with Crippen LogP contribution in [-0.2, 0) is 36.9 Å². The molecule has 0 aromatic heterocycles. The van der Waals surface area contributed by atoms with Crippen molar-refractivity contribution in [2.75, 3.05) is 31.7 Å². The SMILES string of the molecule is COc1ccc(C)c(N(C(=O)CNC(=O)CNC(=O)OCc2ccccc2)[C@@H](Cc2ccccc2)C(=O)[C@H]2CO2)c1. The number of epoxide rings is 1. The highest BCUT2D eigenvalue weighted by Gasteiger charge is 2.41. The summed E-state index contributed by atoms with van der Waals surface area (Å²) in [7, 11) is 1.52. The summed E-state index contributed by atoms with van der Waals surface area (Å²) in [4.78, 5) is 53.1. The largest absolute Gasteiger partial charge is 0.497 e. The minimum atomic E-state index is -0.883. The molecule has 0 radical (unpaired) electrons. The number of rotatable bonds is 13. The van der Waals surface area contributed by atoms with Crippen molar-refractivity contribution in [3.63, 3.8) is 0 Å². The van der Waals surface area contributed by atoms with Crippen LogP contribution in [0.3, 0.4) is 0 Å². The highest BCUT2D eigenvalue weighted by Crippen LogP contribution is 2.30. The Kier molecular flexibility index (Phi) is 10.1. The van der Waals surface area contributed by atoms with Crippen molar-refractivity contribution >= 4 is 29.4 Å². The van der Waals surface area contributed by atoms with Crippen LogP contribution in [0.15, 0.2) is 78.9 Å². The number of hydrogen-bond acceptors (Lipinski definition) is 7. The highest BCUT2D eigenvalue weighted by atomic mass is 16.6. The lowest BCUT2D eigenvalue weighted by molar-refractivity contribution is -0.127. The Morgan fingerprint density at radius 3 is 2.22 bits per heavy atom. The maximum absolute atomic E-state index is 13.7. The molecule has 2 N–H and O–H groups in total. The second kappa shape index (κ2) is 14.1. The van der Waals surface area contributed by atoms with Gasteiger partial charge in [-0.05, 0) is 29.7 Å². The standard InChI is InChI=1S/C31H33N3O7/c1-21-13-14-24(39-2)16-25(21)34(26(30(37)27-20-40-27)15-22-9-5-3-6-10-22)29(36)18-32-28(35)17-33-31(38)41-19-23-11-7-4-8-12-23/h3-14,16,26-27H,15,17-20H2,1-2H3,(H,32,35)(H,33,38)/t26-,27+/m0/s1. The quantitative estimate of drug-likeness (QED) is 0.308. The van der Waals surface area contributed by atoms with Crippen LogP contribution in [-0.4, -0.2) is 62.6 Å². The van der Waals surface area contributed by atoms with E-state index < -0.39 is 36.6 Å². The Morgan fingerprint density at radius 1 is 0.927 bits per heavy atom. The van der Waals surface area contributed by atoms with Gasteiger partial charge in [0.25, 0.3) is 0 Å². The molecule has 0 aliphatic carbocycles. The number of nitrogens with zero attached hydrogens (tertiary/aromatic N) is 1. The van der Waals surface area contributed by atoms with E-state index in [0.29, 0.717) is 18.0 Å². The number of carbonyl (C=O) groups excluding carboxylic acids is 4. The zero-order valence-electron chi connectivity index (χ0n) is 23.0. The molecule has 10 heteroatoms. The summed E-state index contributed by atoms with van der Waals surface area (Å²) in [6, 6.07) is 22.9. The van der Waals surface area contributed by atoms with Gasteiger partial charge in [-0.2, -0.15) is 0 Å². The molecule has 3 aromatic rings. The molecule has 1 aliphatic heterocycles. The van der Waals surface area contributed by atoms with E-state index in [-0.39, 0.29) is 25.4 Å². The molecule has 1 aliphatic rings. The summed E-state index contributed by atoms with van der Waals surface area (Å²) >= 11 is 0. The van der Waals surface area contributed by atoms with Gasteiger partial charge in [0.05, 0.1) is 25.9 Å². The first-order valence-electron chi connectivity index (χ1n) is 13.2. The number of methoxy groups -OCH3 is 1. The van der Waals surface area contributed by atoms with E-state index in [2.05, 4.69) is 10.6 Å². The van der Waals surface area contributed by atoms with Crippen molar-refractivity contribution in [1.82, 2.24) is 10.6 Å². The number of hydrogen-bond donors (Lipinski definition) is 2. The van der Waals surface area contributed by atoms with Gasteiger partial charge >= 0.3 is 6.09 Å². The van der Waals surface area contributed by atoms with E-state index in [9.17, 15) is 19.2 Å². The van der Waals surface area contributed by atoms with Gasteiger partial charge in [-0.3, -0.25) is 19.3 Å². The molecule has 214 valence electrons. The zero-order valence-corrected chi connectivity index (χ0v) is 23.0. The van der Waals surface area contributed by atoms with Crippen LogP contribution in [0.5, 0.6) is 5.75 Å². The van der Waals surface area contributed by atoms with Crippen LogP contribution in [0.4, 0.5) is 10.5 Å². The molecule has 1 saturated heterocycles. The lowest BCUT2D eigenvalue weighted by Gasteiger charge is -2.32. The van der Waals surface area contributed by atoms with Crippen LogP contribution in [0.2, 0.25) is 0 Å². The number of benzene rings is 3.